The van der Waals surface area contributed by atoms with Crippen molar-refractivity contribution in [2.45, 2.75) is 57.2 Å². The van der Waals surface area contributed by atoms with Gasteiger partial charge in [0.1, 0.15) is 17.2 Å². The Kier molecular flexibility index (Phi) is 6.14. The summed E-state index contributed by atoms with van der Waals surface area (Å²) < 4.78 is 14.3. The zero-order valence-corrected chi connectivity index (χ0v) is 19.9. The summed E-state index contributed by atoms with van der Waals surface area (Å²) in [5, 5.41) is 0. The molecule has 0 saturated carbocycles. The molecule has 5 rings (SSSR count). The van der Waals surface area contributed by atoms with Crippen molar-refractivity contribution in [1.29, 1.82) is 0 Å². The summed E-state index contributed by atoms with van der Waals surface area (Å²) in [6, 6.07) is 16.9. The zero-order valence-electron chi connectivity index (χ0n) is 19.9. The van der Waals surface area contributed by atoms with Crippen LogP contribution in [0.5, 0.6) is 0 Å². The van der Waals surface area contributed by atoms with E-state index in [4.69, 9.17) is 4.99 Å². The fraction of sp³-hybridized carbons (Fsp3) is 0.429. The van der Waals surface area contributed by atoms with Crippen LogP contribution in [0.25, 0.3) is 0 Å². The van der Waals surface area contributed by atoms with Gasteiger partial charge in [0, 0.05) is 24.8 Å². The van der Waals surface area contributed by atoms with Crippen molar-refractivity contribution >= 4 is 17.6 Å². The van der Waals surface area contributed by atoms with Crippen LogP contribution < -0.4 is 4.90 Å². The number of hydrogen-bond donors (Lipinski definition) is 0. The number of anilines is 1. The lowest BCUT2D eigenvalue weighted by Gasteiger charge is -2.49. The number of amides is 2. The van der Waals surface area contributed by atoms with E-state index >= 15 is 0 Å². The molecule has 2 saturated heterocycles. The average Bonchev–Trinajstić information content (AvgIpc) is 3.42. The molecule has 34 heavy (non-hydrogen) atoms. The second kappa shape index (κ2) is 9.23. The minimum atomic E-state index is -0.599. The van der Waals surface area contributed by atoms with Crippen LogP contribution in [-0.2, 0) is 0 Å². The number of hydrogen-bond acceptors (Lipinski definition) is 3. The lowest BCUT2D eigenvalue weighted by atomic mass is 9.80. The SMILES string of the molecule is CC#CCN1CCC2(CC1C)C(N1CCCC1c1ccccc1)=NC(=O)N2c1cccc(F)c1. The van der Waals surface area contributed by atoms with E-state index < -0.39 is 5.54 Å². The highest BCUT2D eigenvalue weighted by molar-refractivity contribution is 6.16. The first kappa shape index (κ1) is 22.6. The van der Waals surface area contributed by atoms with Gasteiger partial charge in [-0.1, -0.05) is 42.3 Å². The fourth-order valence-electron chi connectivity index (χ4n) is 5.96. The van der Waals surface area contributed by atoms with Crippen molar-refractivity contribution in [1.82, 2.24) is 9.80 Å². The molecule has 2 aromatic carbocycles. The molecule has 3 unspecified atom stereocenters. The maximum absolute atomic E-state index is 14.3. The maximum Gasteiger partial charge on any atom is 0.350 e. The number of aliphatic imine (C=N–C) groups is 1. The molecular weight excluding hydrogens is 427 g/mol. The molecule has 2 aromatic rings. The van der Waals surface area contributed by atoms with Gasteiger partial charge in [0.05, 0.1) is 12.6 Å². The summed E-state index contributed by atoms with van der Waals surface area (Å²) >= 11 is 0. The highest BCUT2D eigenvalue weighted by atomic mass is 19.1. The summed E-state index contributed by atoms with van der Waals surface area (Å²) in [5.41, 5.74) is 1.23. The topological polar surface area (TPSA) is 39.1 Å². The van der Waals surface area contributed by atoms with Gasteiger partial charge < -0.3 is 4.90 Å². The van der Waals surface area contributed by atoms with E-state index in [2.05, 4.69) is 52.8 Å². The number of urea groups is 1. The Bertz CT molecular complexity index is 1150. The van der Waals surface area contributed by atoms with Crippen molar-refractivity contribution < 1.29 is 9.18 Å². The van der Waals surface area contributed by atoms with Crippen LogP contribution in [0.15, 0.2) is 59.6 Å². The molecule has 0 N–H and O–H groups in total. The number of piperidine rings is 1. The molecular formula is C28H31FN4O. The normalized spacial score (nSPS) is 27.1. The van der Waals surface area contributed by atoms with Gasteiger partial charge in [-0.2, -0.15) is 4.99 Å². The number of amidine groups is 1. The Morgan fingerprint density at radius 2 is 1.97 bits per heavy atom. The third kappa shape index (κ3) is 3.88. The molecule has 3 aliphatic heterocycles. The third-order valence-electron chi connectivity index (χ3n) is 7.54. The van der Waals surface area contributed by atoms with Gasteiger partial charge in [-0.05, 0) is 63.3 Å². The molecule has 176 valence electrons. The molecule has 0 radical (unpaired) electrons. The minimum absolute atomic E-state index is 0.191. The van der Waals surface area contributed by atoms with Crippen LogP contribution >= 0.6 is 0 Å². The van der Waals surface area contributed by atoms with Crippen molar-refractivity contribution in [3.05, 3.63) is 66.0 Å². The average molecular weight is 459 g/mol. The monoisotopic (exact) mass is 458 g/mol. The molecule has 2 fully saturated rings. The number of likely N-dealkylation sites (tertiary alicyclic amines) is 2. The summed E-state index contributed by atoms with van der Waals surface area (Å²) in [6.45, 7) is 6.44. The molecule has 6 heteroatoms. The van der Waals surface area contributed by atoms with Gasteiger partial charge in [0.2, 0.25) is 0 Å². The number of rotatable bonds is 3. The van der Waals surface area contributed by atoms with Crippen LogP contribution in [0, 0.1) is 17.7 Å². The van der Waals surface area contributed by atoms with E-state index in [1.807, 2.05) is 19.1 Å². The van der Waals surface area contributed by atoms with E-state index in [1.54, 1.807) is 11.0 Å². The quantitative estimate of drug-likeness (QED) is 0.590. The largest absolute Gasteiger partial charge is 0.351 e. The molecule has 3 atom stereocenters. The summed E-state index contributed by atoms with van der Waals surface area (Å²) in [5.74, 6) is 6.68. The molecule has 2 amide bonds. The fourth-order valence-corrected chi connectivity index (χ4v) is 5.96. The van der Waals surface area contributed by atoms with E-state index in [9.17, 15) is 9.18 Å². The molecule has 0 aromatic heterocycles. The van der Waals surface area contributed by atoms with Gasteiger partial charge in [0.15, 0.2) is 0 Å². The predicted molar refractivity (Wildman–Crippen MR) is 133 cm³/mol. The number of benzene rings is 2. The second-order valence-electron chi connectivity index (χ2n) is 9.53. The molecule has 3 heterocycles. The number of halogens is 1. The van der Waals surface area contributed by atoms with Crippen molar-refractivity contribution in [2.24, 2.45) is 4.99 Å². The Labute approximate surface area is 201 Å². The summed E-state index contributed by atoms with van der Waals surface area (Å²) in [7, 11) is 0. The van der Waals surface area contributed by atoms with Gasteiger partial charge in [-0.15, -0.1) is 5.92 Å². The first-order chi connectivity index (χ1) is 16.5. The lowest BCUT2D eigenvalue weighted by molar-refractivity contribution is 0.141. The van der Waals surface area contributed by atoms with E-state index in [1.165, 1.54) is 17.7 Å². The molecule has 5 nitrogen and oxygen atoms in total. The van der Waals surface area contributed by atoms with Crippen molar-refractivity contribution in [2.75, 3.05) is 24.5 Å². The van der Waals surface area contributed by atoms with Crippen LogP contribution in [0.1, 0.15) is 51.1 Å². The Morgan fingerprint density at radius 1 is 1.15 bits per heavy atom. The minimum Gasteiger partial charge on any atom is -0.351 e. The molecule has 0 aliphatic carbocycles. The summed E-state index contributed by atoms with van der Waals surface area (Å²) in [4.78, 5) is 24.7. The van der Waals surface area contributed by atoms with Crippen LogP contribution in [0.4, 0.5) is 14.9 Å². The van der Waals surface area contributed by atoms with E-state index in [0.717, 1.165) is 44.6 Å². The second-order valence-corrected chi connectivity index (χ2v) is 9.53. The van der Waals surface area contributed by atoms with E-state index in [0.29, 0.717) is 12.2 Å². The first-order valence-electron chi connectivity index (χ1n) is 12.2. The van der Waals surface area contributed by atoms with Gasteiger partial charge >= 0.3 is 6.03 Å². The Morgan fingerprint density at radius 3 is 2.71 bits per heavy atom. The highest BCUT2D eigenvalue weighted by Gasteiger charge is 2.56. The molecule has 3 aliphatic rings. The van der Waals surface area contributed by atoms with Crippen LogP contribution in [0.2, 0.25) is 0 Å². The van der Waals surface area contributed by atoms with Gasteiger partial charge in [-0.3, -0.25) is 9.80 Å². The standard InChI is InChI=1S/C28H31FN4O/c1-3-4-16-31-18-15-28(20-21(31)2)26(30-27(34)33(28)24-13-8-12-23(29)19-24)32-17-9-14-25(32)22-10-6-5-7-11-22/h5-8,10-13,19,21,25H,9,14-18,20H2,1-2H3. The highest BCUT2D eigenvalue weighted by Crippen LogP contribution is 2.45. The predicted octanol–water partition coefficient (Wildman–Crippen LogP) is 5.25. The Hall–Kier alpha value is -3.17. The number of nitrogens with zero attached hydrogens (tertiary/aromatic N) is 4. The van der Waals surface area contributed by atoms with E-state index in [-0.39, 0.29) is 23.9 Å². The molecule has 0 bridgehead atoms. The Balaban J connectivity index is 1.56. The third-order valence-corrected chi connectivity index (χ3v) is 7.54. The lowest BCUT2D eigenvalue weighted by Crippen LogP contribution is -2.63. The molecule has 1 spiro atoms. The first-order valence-corrected chi connectivity index (χ1v) is 12.2. The number of carbonyl (C=O) groups excluding carboxylic acids is 1. The van der Waals surface area contributed by atoms with Crippen LogP contribution in [0.3, 0.4) is 0 Å². The smallest absolute Gasteiger partial charge is 0.350 e. The van der Waals surface area contributed by atoms with Crippen molar-refractivity contribution in [3.63, 3.8) is 0 Å². The summed E-state index contributed by atoms with van der Waals surface area (Å²) in [6.07, 6.45) is 3.55. The number of carbonyl (C=O) groups is 1. The van der Waals surface area contributed by atoms with Gasteiger partial charge in [-0.25, -0.2) is 9.18 Å². The maximum atomic E-state index is 14.3. The zero-order chi connectivity index (χ0) is 23.7. The van der Waals surface area contributed by atoms with Gasteiger partial charge in [0.25, 0.3) is 0 Å². The van der Waals surface area contributed by atoms with Crippen molar-refractivity contribution in [3.8, 4) is 11.8 Å². The van der Waals surface area contributed by atoms with Crippen LogP contribution in [-0.4, -0.2) is 52.9 Å².